The van der Waals surface area contributed by atoms with Crippen molar-refractivity contribution in [2.45, 2.75) is 102 Å². The van der Waals surface area contributed by atoms with E-state index in [1.54, 1.807) is 10.9 Å². The molecule has 2 aliphatic rings. The van der Waals surface area contributed by atoms with Crippen molar-refractivity contribution in [3.05, 3.63) is 10.2 Å². The topological polar surface area (TPSA) is 127 Å². The summed E-state index contributed by atoms with van der Waals surface area (Å²) < 4.78 is 29.6. The summed E-state index contributed by atoms with van der Waals surface area (Å²) in [6.07, 6.45) is -1.17. The van der Waals surface area contributed by atoms with E-state index in [2.05, 4.69) is 70.3 Å². The molecule has 2 aromatic heterocycles. The highest BCUT2D eigenvalue weighted by Gasteiger charge is 2.61. The molecule has 3 N–H and O–H groups in total. The van der Waals surface area contributed by atoms with Gasteiger partial charge in [-0.1, -0.05) is 55.4 Å². The van der Waals surface area contributed by atoms with Crippen molar-refractivity contribution in [3.63, 3.8) is 0 Å². The Morgan fingerprint density at radius 1 is 1.03 bits per heavy atom. The molecule has 196 valence electrons. The van der Waals surface area contributed by atoms with Crippen LogP contribution in [-0.2, 0) is 17.7 Å². The minimum absolute atomic E-state index is 0.156. The second kappa shape index (κ2) is 9.89. The van der Waals surface area contributed by atoms with Crippen molar-refractivity contribution < 1.29 is 22.8 Å². The first-order chi connectivity index (χ1) is 16.3. The molecule has 13 heteroatoms. The fraction of sp³-hybridized carbons (Fsp3) is 0.773. The average molecular weight is 636 g/mol. The molecule has 0 amide bonds. The molecule has 2 saturated heterocycles. The standard InChI is InChI=1S/C22H38IN5O5Si2/c1-11(2)34(12(3)4)30-9-15-18(32-35(33-34,13(5)6)14(7)8)17(29)21(31-15)28-10-25-16-19(24)26-22(23)27-20(16)28/h10-15,17-18,21,29H,9H2,1-8H3,(H2,24,26,27)/t15-,17-,18-,21-/m1/s1. The first-order valence-electron chi connectivity index (χ1n) is 12.3. The van der Waals surface area contributed by atoms with Crippen molar-refractivity contribution in [3.8, 4) is 0 Å². The minimum atomic E-state index is -2.87. The number of ether oxygens (including phenoxy) is 1. The highest BCUT2D eigenvalue weighted by Crippen LogP contribution is 2.48. The van der Waals surface area contributed by atoms with Crippen molar-refractivity contribution in [1.29, 1.82) is 0 Å². The van der Waals surface area contributed by atoms with E-state index in [0.717, 1.165) is 0 Å². The van der Waals surface area contributed by atoms with Gasteiger partial charge < -0.3 is 28.5 Å². The SMILES string of the molecule is CC(C)[Si]1(C(C)C)OC[C@H]2O[C@@H](n3cnc4c(N)nc(I)nc43)[C@H](O)[C@@H]2O[Si](C(C)C)(C(C)C)O1. The van der Waals surface area contributed by atoms with Crippen LogP contribution < -0.4 is 5.73 Å². The van der Waals surface area contributed by atoms with Gasteiger partial charge in [0.2, 0.25) is 0 Å². The van der Waals surface area contributed by atoms with E-state index in [-0.39, 0.29) is 22.2 Å². The number of rotatable bonds is 5. The first-order valence-corrected chi connectivity index (χ1v) is 17.4. The molecule has 10 nitrogen and oxygen atoms in total. The molecule has 0 radical (unpaired) electrons. The third kappa shape index (κ3) is 4.49. The summed E-state index contributed by atoms with van der Waals surface area (Å²) in [5.41, 5.74) is 7.83. The lowest BCUT2D eigenvalue weighted by Gasteiger charge is -2.51. The number of nitrogen functional groups attached to an aromatic ring is 1. The normalized spacial score (nSPS) is 28.7. The molecule has 0 bridgehead atoms. The monoisotopic (exact) mass is 635 g/mol. The Hall–Kier alpha value is -0.686. The quantitative estimate of drug-likeness (QED) is 0.282. The predicted molar refractivity (Wildman–Crippen MR) is 146 cm³/mol. The maximum Gasteiger partial charge on any atom is 0.335 e. The van der Waals surface area contributed by atoms with Crippen LogP contribution in [0.1, 0.15) is 61.6 Å². The summed E-state index contributed by atoms with van der Waals surface area (Å²) in [4.78, 5) is 13.1. The Bertz CT molecular complexity index is 1050. The van der Waals surface area contributed by atoms with Gasteiger partial charge in [0.25, 0.3) is 0 Å². The number of anilines is 1. The Balaban J connectivity index is 1.78. The molecular formula is C22H38IN5O5Si2. The van der Waals surface area contributed by atoms with Gasteiger partial charge in [-0.3, -0.25) is 4.57 Å². The fourth-order valence-electron chi connectivity index (χ4n) is 5.46. The summed E-state index contributed by atoms with van der Waals surface area (Å²) in [5, 5.41) is 11.6. The highest BCUT2D eigenvalue weighted by molar-refractivity contribution is 14.1. The molecule has 4 atom stereocenters. The Morgan fingerprint density at radius 3 is 2.20 bits per heavy atom. The molecule has 2 aliphatic heterocycles. The second-order valence-corrected chi connectivity index (χ2v) is 20.6. The average Bonchev–Trinajstić information content (AvgIpc) is 3.28. The lowest BCUT2D eigenvalue weighted by molar-refractivity contribution is -0.0570. The molecule has 0 aromatic carbocycles. The second-order valence-electron chi connectivity index (χ2n) is 10.8. The van der Waals surface area contributed by atoms with Gasteiger partial charge in [0.05, 0.1) is 12.9 Å². The number of aliphatic hydroxyl groups excluding tert-OH is 1. The molecule has 2 fully saturated rings. The molecule has 35 heavy (non-hydrogen) atoms. The van der Waals surface area contributed by atoms with E-state index >= 15 is 0 Å². The summed E-state index contributed by atoms with van der Waals surface area (Å²) in [6, 6.07) is 0. The van der Waals surface area contributed by atoms with Crippen LogP contribution in [0.15, 0.2) is 6.33 Å². The molecule has 0 spiro atoms. The molecule has 0 unspecified atom stereocenters. The van der Waals surface area contributed by atoms with Crippen LogP contribution in [0.5, 0.6) is 0 Å². The van der Waals surface area contributed by atoms with Crippen molar-refractivity contribution in [1.82, 2.24) is 19.5 Å². The number of imidazole rings is 1. The van der Waals surface area contributed by atoms with E-state index in [9.17, 15) is 5.11 Å². The Labute approximate surface area is 222 Å². The molecule has 4 heterocycles. The van der Waals surface area contributed by atoms with E-state index < -0.39 is 41.7 Å². The van der Waals surface area contributed by atoms with Crippen LogP contribution in [0.2, 0.25) is 22.2 Å². The zero-order chi connectivity index (χ0) is 25.9. The number of hydrogen-bond donors (Lipinski definition) is 2. The smallest absolute Gasteiger partial charge is 0.335 e. The third-order valence-corrected chi connectivity index (χ3v) is 18.1. The van der Waals surface area contributed by atoms with Crippen LogP contribution in [0.4, 0.5) is 5.82 Å². The van der Waals surface area contributed by atoms with Crippen LogP contribution >= 0.6 is 22.6 Å². The third-order valence-electron chi connectivity index (χ3n) is 7.34. The van der Waals surface area contributed by atoms with Gasteiger partial charge in [-0.05, 0) is 22.2 Å². The minimum Gasteiger partial charge on any atom is -0.414 e. The van der Waals surface area contributed by atoms with Crippen LogP contribution in [-0.4, -0.2) is 66.7 Å². The molecule has 4 rings (SSSR count). The lowest BCUT2D eigenvalue weighted by atomic mass is 10.1. The maximum absolute atomic E-state index is 11.6. The van der Waals surface area contributed by atoms with Crippen LogP contribution in [0.3, 0.4) is 0 Å². The number of hydrogen-bond acceptors (Lipinski definition) is 9. The fourth-order valence-corrected chi connectivity index (χ4v) is 17.2. The van der Waals surface area contributed by atoms with Gasteiger partial charge in [-0.2, -0.15) is 0 Å². The van der Waals surface area contributed by atoms with Gasteiger partial charge >= 0.3 is 17.1 Å². The number of fused-ring (bicyclic) bond motifs is 2. The van der Waals surface area contributed by atoms with Crippen LogP contribution in [0.25, 0.3) is 11.2 Å². The van der Waals surface area contributed by atoms with Crippen molar-refractivity contribution in [2.24, 2.45) is 0 Å². The summed E-state index contributed by atoms with van der Waals surface area (Å²) in [5.74, 6) is 0.292. The van der Waals surface area contributed by atoms with Gasteiger partial charge in [0.1, 0.15) is 23.8 Å². The maximum atomic E-state index is 11.6. The number of aromatic nitrogens is 4. The lowest BCUT2D eigenvalue weighted by Crippen LogP contribution is -2.65. The zero-order valence-electron chi connectivity index (χ0n) is 21.7. The highest BCUT2D eigenvalue weighted by atomic mass is 127. The van der Waals surface area contributed by atoms with Crippen molar-refractivity contribution >= 4 is 56.7 Å². The first kappa shape index (κ1) is 27.4. The van der Waals surface area contributed by atoms with E-state index in [1.165, 1.54) is 0 Å². The number of nitrogens with two attached hydrogens (primary N) is 1. The number of nitrogens with zero attached hydrogens (tertiary/aromatic N) is 4. The number of halogens is 1. The van der Waals surface area contributed by atoms with E-state index in [0.29, 0.717) is 27.4 Å². The van der Waals surface area contributed by atoms with Crippen molar-refractivity contribution in [2.75, 3.05) is 12.3 Å². The van der Waals surface area contributed by atoms with Gasteiger partial charge in [-0.25, -0.2) is 15.0 Å². The predicted octanol–water partition coefficient (Wildman–Crippen LogP) is 4.23. The van der Waals surface area contributed by atoms with Crippen LogP contribution in [0, 0.1) is 3.83 Å². The van der Waals surface area contributed by atoms with Gasteiger partial charge in [0, 0.05) is 22.6 Å². The number of aliphatic hydroxyl groups is 1. The summed E-state index contributed by atoms with van der Waals surface area (Å²) >= 11 is 2.02. The molecule has 2 aromatic rings. The Kier molecular flexibility index (Phi) is 7.73. The van der Waals surface area contributed by atoms with Gasteiger partial charge in [-0.15, -0.1) is 0 Å². The van der Waals surface area contributed by atoms with Gasteiger partial charge in [0.15, 0.2) is 21.5 Å². The summed E-state index contributed by atoms with van der Waals surface area (Å²) in [7, 11) is -5.56. The van der Waals surface area contributed by atoms with E-state index in [4.69, 9.17) is 23.4 Å². The largest absolute Gasteiger partial charge is 0.414 e. The summed E-state index contributed by atoms with van der Waals surface area (Å²) in [6.45, 7) is 17.7. The molecular weight excluding hydrogens is 597 g/mol. The Morgan fingerprint density at radius 2 is 1.63 bits per heavy atom. The molecule has 0 aliphatic carbocycles. The molecule has 0 saturated carbocycles. The van der Waals surface area contributed by atoms with E-state index in [1.807, 2.05) is 22.6 Å². The zero-order valence-corrected chi connectivity index (χ0v) is 25.9.